The molecule has 0 heterocycles. The van der Waals surface area contributed by atoms with Gasteiger partial charge in [0, 0.05) is 18.3 Å². The van der Waals surface area contributed by atoms with E-state index < -0.39 is 0 Å². The Labute approximate surface area is 92.1 Å². The Balaban J connectivity index is 1.97. The lowest BCUT2D eigenvalue weighted by Gasteiger charge is -2.14. The molecule has 0 aromatic heterocycles. The molecule has 1 aromatic rings. The second-order valence-electron chi connectivity index (χ2n) is 4.36. The summed E-state index contributed by atoms with van der Waals surface area (Å²) in [5, 5.41) is 6.79. The molecular weight excluding hydrogens is 184 g/mol. The zero-order valence-electron chi connectivity index (χ0n) is 9.42. The van der Waals surface area contributed by atoms with Gasteiger partial charge in [-0.2, -0.15) is 0 Å². The van der Waals surface area contributed by atoms with Crippen molar-refractivity contribution in [1.29, 1.82) is 0 Å². The molecule has 2 rings (SSSR count). The van der Waals surface area contributed by atoms with Gasteiger partial charge in [0.15, 0.2) is 0 Å². The third-order valence-electron chi connectivity index (χ3n) is 3.03. The first-order valence-corrected chi connectivity index (χ1v) is 5.88. The van der Waals surface area contributed by atoms with Gasteiger partial charge in [-0.05, 0) is 37.6 Å². The third kappa shape index (κ3) is 2.96. The second-order valence-corrected chi connectivity index (χ2v) is 4.36. The predicted octanol–water partition coefficient (Wildman–Crippen LogP) is 2.76. The van der Waals surface area contributed by atoms with Crippen LogP contribution in [0.15, 0.2) is 24.3 Å². The van der Waals surface area contributed by atoms with Crippen LogP contribution >= 0.6 is 0 Å². The molecule has 1 aliphatic rings. The standard InChI is InChI=1S/C13H20N2/c1-14-10-11-5-4-8-13(9-11)15-12-6-2-3-7-12/h4-5,8-9,12,14-15H,2-3,6-7,10H2,1H3. The molecule has 1 fully saturated rings. The van der Waals surface area contributed by atoms with E-state index in [0.717, 1.165) is 6.54 Å². The van der Waals surface area contributed by atoms with Gasteiger partial charge in [-0.25, -0.2) is 0 Å². The van der Waals surface area contributed by atoms with Crippen LogP contribution in [0.5, 0.6) is 0 Å². The minimum Gasteiger partial charge on any atom is -0.382 e. The van der Waals surface area contributed by atoms with Crippen LogP contribution in [0.4, 0.5) is 5.69 Å². The Morgan fingerprint density at radius 3 is 2.80 bits per heavy atom. The Kier molecular flexibility index (Phi) is 3.62. The van der Waals surface area contributed by atoms with Crippen LogP contribution in [0, 0.1) is 0 Å². The van der Waals surface area contributed by atoms with Gasteiger partial charge in [-0.1, -0.05) is 25.0 Å². The molecule has 2 N–H and O–H groups in total. The van der Waals surface area contributed by atoms with Crippen LogP contribution in [-0.2, 0) is 6.54 Å². The molecular formula is C13H20N2. The van der Waals surface area contributed by atoms with Crippen molar-refractivity contribution >= 4 is 5.69 Å². The average Bonchev–Trinajstić information content (AvgIpc) is 2.71. The van der Waals surface area contributed by atoms with E-state index >= 15 is 0 Å². The number of benzene rings is 1. The largest absolute Gasteiger partial charge is 0.382 e. The smallest absolute Gasteiger partial charge is 0.0345 e. The molecule has 15 heavy (non-hydrogen) atoms. The average molecular weight is 204 g/mol. The topological polar surface area (TPSA) is 24.1 Å². The normalized spacial score (nSPS) is 16.9. The fourth-order valence-corrected chi connectivity index (χ4v) is 2.28. The molecule has 0 radical (unpaired) electrons. The highest BCUT2D eigenvalue weighted by Crippen LogP contribution is 2.22. The third-order valence-corrected chi connectivity index (χ3v) is 3.03. The number of nitrogens with one attached hydrogen (secondary N) is 2. The second kappa shape index (κ2) is 5.17. The minimum absolute atomic E-state index is 0.704. The van der Waals surface area contributed by atoms with Crippen LogP contribution in [0.25, 0.3) is 0 Å². The lowest BCUT2D eigenvalue weighted by molar-refractivity contribution is 0.754. The Morgan fingerprint density at radius 1 is 1.27 bits per heavy atom. The van der Waals surface area contributed by atoms with Gasteiger partial charge in [0.2, 0.25) is 0 Å². The summed E-state index contributed by atoms with van der Waals surface area (Å²) in [5.41, 5.74) is 2.62. The minimum atomic E-state index is 0.704. The van der Waals surface area contributed by atoms with Crippen LogP contribution < -0.4 is 10.6 Å². The van der Waals surface area contributed by atoms with E-state index in [-0.39, 0.29) is 0 Å². The van der Waals surface area contributed by atoms with Crippen molar-refractivity contribution in [3.63, 3.8) is 0 Å². The highest BCUT2D eigenvalue weighted by Gasteiger charge is 2.14. The van der Waals surface area contributed by atoms with Crippen molar-refractivity contribution in [1.82, 2.24) is 5.32 Å². The maximum absolute atomic E-state index is 3.61. The lowest BCUT2D eigenvalue weighted by Crippen LogP contribution is -2.14. The van der Waals surface area contributed by atoms with Crippen molar-refractivity contribution < 1.29 is 0 Å². The summed E-state index contributed by atoms with van der Waals surface area (Å²) in [5.74, 6) is 0. The molecule has 1 aliphatic carbocycles. The summed E-state index contributed by atoms with van der Waals surface area (Å²) in [4.78, 5) is 0. The Morgan fingerprint density at radius 2 is 2.07 bits per heavy atom. The molecule has 1 saturated carbocycles. The fraction of sp³-hybridized carbons (Fsp3) is 0.538. The number of hydrogen-bond donors (Lipinski definition) is 2. The van der Waals surface area contributed by atoms with Crippen LogP contribution in [0.3, 0.4) is 0 Å². The first-order chi connectivity index (χ1) is 7.38. The molecule has 2 heteroatoms. The lowest BCUT2D eigenvalue weighted by atomic mass is 10.1. The van der Waals surface area contributed by atoms with Gasteiger partial charge in [-0.3, -0.25) is 0 Å². The molecule has 0 atom stereocenters. The van der Waals surface area contributed by atoms with Gasteiger partial charge in [0.25, 0.3) is 0 Å². The van der Waals surface area contributed by atoms with Crippen molar-refractivity contribution in [2.24, 2.45) is 0 Å². The van der Waals surface area contributed by atoms with E-state index in [1.165, 1.54) is 36.9 Å². The van der Waals surface area contributed by atoms with E-state index in [9.17, 15) is 0 Å². The molecule has 82 valence electrons. The Bertz CT molecular complexity index is 303. The van der Waals surface area contributed by atoms with E-state index in [4.69, 9.17) is 0 Å². The van der Waals surface area contributed by atoms with Crippen molar-refractivity contribution in [3.8, 4) is 0 Å². The number of rotatable bonds is 4. The molecule has 0 aliphatic heterocycles. The van der Waals surface area contributed by atoms with Gasteiger partial charge in [-0.15, -0.1) is 0 Å². The van der Waals surface area contributed by atoms with Crippen molar-refractivity contribution in [2.75, 3.05) is 12.4 Å². The van der Waals surface area contributed by atoms with Gasteiger partial charge in [0.1, 0.15) is 0 Å². The molecule has 2 nitrogen and oxygen atoms in total. The molecule has 0 amide bonds. The molecule has 0 bridgehead atoms. The molecule has 1 aromatic carbocycles. The predicted molar refractivity (Wildman–Crippen MR) is 65.1 cm³/mol. The maximum atomic E-state index is 3.61. The van der Waals surface area contributed by atoms with E-state index in [0.29, 0.717) is 6.04 Å². The van der Waals surface area contributed by atoms with Crippen molar-refractivity contribution in [2.45, 2.75) is 38.3 Å². The van der Waals surface area contributed by atoms with Gasteiger partial charge >= 0.3 is 0 Å². The summed E-state index contributed by atoms with van der Waals surface area (Å²) in [6, 6.07) is 9.40. The van der Waals surface area contributed by atoms with E-state index in [1.807, 2.05) is 7.05 Å². The van der Waals surface area contributed by atoms with Crippen molar-refractivity contribution in [3.05, 3.63) is 29.8 Å². The van der Waals surface area contributed by atoms with E-state index in [2.05, 4.69) is 34.9 Å². The summed E-state index contributed by atoms with van der Waals surface area (Å²) < 4.78 is 0. The SMILES string of the molecule is CNCc1cccc(NC2CCCC2)c1. The van der Waals surface area contributed by atoms with Gasteiger partial charge in [0.05, 0.1) is 0 Å². The summed E-state index contributed by atoms with van der Waals surface area (Å²) in [7, 11) is 1.98. The zero-order valence-corrected chi connectivity index (χ0v) is 9.42. The summed E-state index contributed by atoms with van der Waals surface area (Å²) in [6.45, 7) is 0.945. The summed E-state index contributed by atoms with van der Waals surface area (Å²) in [6.07, 6.45) is 5.42. The number of anilines is 1. The molecule has 0 spiro atoms. The first kappa shape index (κ1) is 10.5. The molecule has 0 unspecified atom stereocenters. The van der Waals surface area contributed by atoms with Crippen LogP contribution in [0.2, 0.25) is 0 Å². The first-order valence-electron chi connectivity index (χ1n) is 5.88. The highest BCUT2D eigenvalue weighted by atomic mass is 14.9. The maximum Gasteiger partial charge on any atom is 0.0345 e. The Hall–Kier alpha value is -1.02. The van der Waals surface area contributed by atoms with E-state index in [1.54, 1.807) is 0 Å². The van der Waals surface area contributed by atoms with Gasteiger partial charge < -0.3 is 10.6 Å². The highest BCUT2D eigenvalue weighted by molar-refractivity contribution is 5.46. The number of hydrogen-bond acceptors (Lipinski definition) is 2. The monoisotopic (exact) mass is 204 g/mol. The quantitative estimate of drug-likeness (QED) is 0.788. The van der Waals surface area contributed by atoms with Crippen LogP contribution in [0.1, 0.15) is 31.2 Å². The zero-order chi connectivity index (χ0) is 10.5. The molecule has 0 saturated heterocycles. The fourth-order valence-electron chi connectivity index (χ4n) is 2.28. The summed E-state index contributed by atoms with van der Waals surface area (Å²) >= 11 is 0. The van der Waals surface area contributed by atoms with Crippen LogP contribution in [-0.4, -0.2) is 13.1 Å².